The third-order valence-electron chi connectivity index (χ3n) is 3.72. The molecule has 2 aliphatic rings. The number of rotatable bonds is 8. The summed E-state index contributed by atoms with van der Waals surface area (Å²) in [5.41, 5.74) is 0. The molecule has 11 heteroatoms. The summed E-state index contributed by atoms with van der Waals surface area (Å²) < 4.78 is 27.2. The highest BCUT2D eigenvalue weighted by Crippen LogP contribution is 2.46. The monoisotopic (exact) mass is 411 g/mol. The molecule has 0 aliphatic carbocycles. The SMILES string of the molecule is CC1(C)OC[C@@H]([C@H]2OC(=O)C(O)=C2OP([O-])(=S)OCCC[N+](C)(C)C)O1. The summed E-state index contributed by atoms with van der Waals surface area (Å²) in [5, 5.41) is 9.92. The zero-order valence-corrected chi connectivity index (χ0v) is 17.3. The summed E-state index contributed by atoms with van der Waals surface area (Å²) in [6, 6.07) is 0. The van der Waals surface area contributed by atoms with E-state index in [9.17, 15) is 14.8 Å². The molecule has 0 aromatic carbocycles. The summed E-state index contributed by atoms with van der Waals surface area (Å²) in [7, 11) is 6.05. The molecule has 1 N–H and O–H groups in total. The van der Waals surface area contributed by atoms with Gasteiger partial charge < -0.3 is 37.7 Å². The summed E-state index contributed by atoms with van der Waals surface area (Å²) >= 11 is 4.87. The first kappa shape index (κ1) is 21.6. The van der Waals surface area contributed by atoms with Crippen LogP contribution in [0.3, 0.4) is 0 Å². The topological polar surface area (TPSA) is 107 Å². The zero-order valence-electron chi connectivity index (χ0n) is 15.6. The van der Waals surface area contributed by atoms with E-state index < -0.39 is 36.4 Å². The molecule has 1 unspecified atom stereocenters. The maximum Gasteiger partial charge on any atom is 0.378 e. The second kappa shape index (κ2) is 7.71. The van der Waals surface area contributed by atoms with Crippen LogP contribution < -0.4 is 4.89 Å². The minimum absolute atomic E-state index is 0.108. The molecule has 0 saturated carbocycles. The molecule has 1 saturated heterocycles. The van der Waals surface area contributed by atoms with E-state index in [1.807, 2.05) is 21.1 Å². The van der Waals surface area contributed by atoms with Crippen molar-refractivity contribution in [2.24, 2.45) is 0 Å². The molecular formula is C15H26NO8PS. The Morgan fingerprint density at radius 3 is 2.62 bits per heavy atom. The Balaban J connectivity index is 2.00. The Morgan fingerprint density at radius 2 is 2.08 bits per heavy atom. The highest BCUT2D eigenvalue weighted by atomic mass is 32.5. The average Bonchev–Trinajstić information content (AvgIpc) is 2.97. The first-order chi connectivity index (χ1) is 11.8. The van der Waals surface area contributed by atoms with E-state index in [1.54, 1.807) is 13.8 Å². The molecule has 0 spiro atoms. The summed E-state index contributed by atoms with van der Waals surface area (Å²) in [4.78, 5) is 24.1. The number of carbonyl (C=O) groups is 1. The third-order valence-corrected chi connectivity index (χ3v) is 5.18. The fourth-order valence-electron chi connectivity index (χ4n) is 2.53. The molecule has 2 rings (SSSR count). The summed E-state index contributed by atoms with van der Waals surface area (Å²) in [6.45, 7) is 0.447. The normalized spacial score (nSPS) is 28.2. The number of cyclic esters (lactones) is 1. The van der Waals surface area contributed by atoms with Crippen molar-refractivity contribution in [2.75, 3.05) is 40.9 Å². The quantitative estimate of drug-likeness (QED) is 0.265. The van der Waals surface area contributed by atoms with Crippen molar-refractivity contribution in [1.29, 1.82) is 0 Å². The molecule has 0 bridgehead atoms. The first-order valence-electron chi connectivity index (χ1n) is 8.21. The minimum atomic E-state index is -3.97. The van der Waals surface area contributed by atoms with Crippen LogP contribution in [0.4, 0.5) is 0 Å². The number of aliphatic hydroxyl groups is 1. The number of hydrogen-bond donors (Lipinski definition) is 1. The van der Waals surface area contributed by atoms with Gasteiger partial charge in [0.1, 0.15) is 6.10 Å². The van der Waals surface area contributed by atoms with Gasteiger partial charge in [-0.05, 0) is 25.7 Å². The van der Waals surface area contributed by atoms with E-state index in [0.29, 0.717) is 6.42 Å². The van der Waals surface area contributed by atoms with Gasteiger partial charge in [-0.15, -0.1) is 0 Å². The van der Waals surface area contributed by atoms with E-state index in [4.69, 9.17) is 35.1 Å². The van der Waals surface area contributed by atoms with Crippen LogP contribution in [0.25, 0.3) is 0 Å². The lowest BCUT2D eigenvalue weighted by atomic mass is 10.2. The van der Waals surface area contributed by atoms with Crippen molar-refractivity contribution in [3.63, 3.8) is 0 Å². The number of ether oxygens (including phenoxy) is 3. The molecule has 2 aliphatic heterocycles. The van der Waals surface area contributed by atoms with Gasteiger partial charge in [-0.1, -0.05) is 0 Å². The predicted octanol–water partition coefficient (Wildman–Crippen LogP) is 0.547. The minimum Gasteiger partial charge on any atom is -0.770 e. The Morgan fingerprint density at radius 1 is 1.42 bits per heavy atom. The van der Waals surface area contributed by atoms with Crippen LogP contribution >= 0.6 is 6.72 Å². The molecule has 0 radical (unpaired) electrons. The number of aliphatic hydroxyl groups excluding tert-OH is 1. The van der Waals surface area contributed by atoms with Crippen LogP contribution in [0.5, 0.6) is 0 Å². The number of hydrogen-bond acceptors (Lipinski definition) is 9. The average molecular weight is 411 g/mol. The number of carbonyl (C=O) groups excluding carboxylic acids is 1. The van der Waals surface area contributed by atoms with Crippen molar-refractivity contribution >= 4 is 24.5 Å². The van der Waals surface area contributed by atoms with Crippen molar-refractivity contribution in [1.82, 2.24) is 0 Å². The fraction of sp³-hybridized carbons (Fsp3) is 0.800. The molecule has 0 amide bonds. The number of nitrogens with zero attached hydrogens (tertiary/aromatic N) is 1. The Hall–Kier alpha value is -0.740. The lowest BCUT2D eigenvalue weighted by molar-refractivity contribution is -0.870. The fourth-order valence-corrected chi connectivity index (χ4v) is 3.83. The van der Waals surface area contributed by atoms with Crippen LogP contribution in [-0.2, 0) is 39.9 Å². The molecule has 0 aromatic heterocycles. The molecule has 0 aromatic rings. The van der Waals surface area contributed by atoms with Gasteiger partial charge in [-0.25, -0.2) is 4.79 Å². The predicted molar refractivity (Wildman–Crippen MR) is 93.3 cm³/mol. The Bertz CT molecular complexity index is 630. The molecular weight excluding hydrogens is 385 g/mol. The second-order valence-electron chi connectivity index (χ2n) is 7.65. The van der Waals surface area contributed by atoms with Crippen LogP contribution in [0.15, 0.2) is 11.5 Å². The lowest BCUT2D eigenvalue weighted by Crippen LogP contribution is -2.35. The number of quaternary nitrogens is 1. The zero-order chi connectivity index (χ0) is 19.8. The van der Waals surface area contributed by atoms with Crippen LogP contribution in [0, 0.1) is 0 Å². The van der Waals surface area contributed by atoms with Crippen molar-refractivity contribution in [3.8, 4) is 0 Å². The summed E-state index contributed by atoms with van der Waals surface area (Å²) in [6.07, 6.45) is -1.21. The Kier molecular flexibility index (Phi) is 6.39. The first-order valence-corrected chi connectivity index (χ1v) is 10.8. The van der Waals surface area contributed by atoms with Gasteiger partial charge in [-0.3, -0.25) is 0 Å². The maximum absolute atomic E-state index is 12.4. The van der Waals surface area contributed by atoms with Gasteiger partial charge in [0.25, 0.3) is 0 Å². The summed E-state index contributed by atoms with van der Waals surface area (Å²) in [5.74, 6) is -3.01. The van der Waals surface area contributed by atoms with Crippen molar-refractivity contribution in [2.45, 2.75) is 38.3 Å². The molecule has 2 heterocycles. The largest absolute Gasteiger partial charge is 0.770 e. The van der Waals surface area contributed by atoms with E-state index in [-0.39, 0.29) is 19.0 Å². The van der Waals surface area contributed by atoms with E-state index in [0.717, 1.165) is 11.0 Å². The molecule has 9 nitrogen and oxygen atoms in total. The lowest BCUT2D eigenvalue weighted by Gasteiger charge is -2.31. The smallest absolute Gasteiger partial charge is 0.378 e. The second-order valence-corrected chi connectivity index (χ2v) is 10.3. The molecule has 26 heavy (non-hydrogen) atoms. The maximum atomic E-state index is 12.4. The van der Waals surface area contributed by atoms with Crippen molar-refractivity contribution in [3.05, 3.63) is 11.5 Å². The van der Waals surface area contributed by atoms with Crippen LogP contribution in [0.1, 0.15) is 20.3 Å². The molecule has 150 valence electrons. The third kappa shape index (κ3) is 5.88. The highest BCUT2D eigenvalue weighted by Gasteiger charge is 2.48. The van der Waals surface area contributed by atoms with Crippen molar-refractivity contribution < 1.29 is 42.5 Å². The Labute approximate surface area is 158 Å². The number of esters is 1. The molecule has 1 fully saturated rings. The van der Waals surface area contributed by atoms with Gasteiger partial charge >= 0.3 is 5.97 Å². The van der Waals surface area contributed by atoms with Gasteiger partial charge in [0, 0.05) is 6.42 Å². The van der Waals surface area contributed by atoms with Crippen LogP contribution in [-0.4, -0.2) is 74.5 Å². The van der Waals surface area contributed by atoms with E-state index in [1.165, 1.54) is 0 Å². The van der Waals surface area contributed by atoms with Crippen LogP contribution in [0.2, 0.25) is 0 Å². The highest BCUT2D eigenvalue weighted by molar-refractivity contribution is 8.06. The van der Waals surface area contributed by atoms with Gasteiger partial charge in [0.15, 0.2) is 24.4 Å². The van der Waals surface area contributed by atoms with Gasteiger partial charge in [0.2, 0.25) is 5.76 Å². The van der Waals surface area contributed by atoms with Gasteiger partial charge in [-0.2, -0.15) is 0 Å². The molecule has 3 atom stereocenters. The standard InChI is InChI=1S/C15H26NO8PS/c1-15(2)20-9-10(23-15)12-13(11(17)14(18)22-12)24-25(19,26)21-8-6-7-16(3,4)5/h10,12H,6-9H2,1-5H3,(H-,17,19,26)/t10-,12+,25?/m0/s1. The van der Waals surface area contributed by atoms with E-state index >= 15 is 0 Å². The van der Waals surface area contributed by atoms with Gasteiger partial charge in [0.05, 0.1) is 40.9 Å². The van der Waals surface area contributed by atoms with E-state index in [2.05, 4.69) is 0 Å².